The zero-order valence-corrected chi connectivity index (χ0v) is 50.0. The van der Waals surface area contributed by atoms with Crippen LogP contribution in [0.15, 0.2) is 12.2 Å². The number of likely N-dealkylation sites (N-methyl/N-ethyl adjacent to an activating group) is 4. The molecule has 0 aromatic carbocycles. The fourth-order valence-corrected chi connectivity index (χ4v) is 9.23. The third-order valence-electron chi connectivity index (χ3n) is 13.6. The standard InChI is InChI=1S/C54H97N11O12/c1-21-23-24-36(11)27-41(52(74)62(20)51(35(9)10)64(39(14)67)29-46(70)59(17)31-58(16)45(69)28-55)49(72)57-43(22-2)60(18)47(71)30-63(38(13)66)44(26-33(5)6)61(19)53(75)48(34(7)8)65(40(15)68)42(25-32(3)4)50(73)56-37(12)54(76)77/h21,23,32-37,41-44,48,51H,22,24-31,55H2,1-20H3,(H,56,73)(H,57,72)(H,76,77)/t36-,37+,41?,42+,43-,44+,48-,51+/m1/s1. The summed E-state index contributed by atoms with van der Waals surface area (Å²) in [5.74, 6) is -10.1. The Morgan fingerprint density at radius 1 is 0.597 bits per heavy atom. The van der Waals surface area contributed by atoms with Gasteiger partial charge >= 0.3 is 5.97 Å². The summed E-state index contributed by atoms with van der Waals surface area (Å²) in [6.45, 7) is 23.5. The predicted molar refractivity (Wildman–Crippen MR) is 293 cm³/mol. The monoisotopic (exact) mass is 1090 g/mol. The summed E-state index contributed by atoms with van der Waals surface area (Å²) in [7, 11) is 7.32. The lowest BCUT2D eigenvalue weighted by Gasteiger charge is -2.44. The maximum Gasteiger partial charge on any atom is 0.325 e. The van der Waals surface area contributed by atoms with Crippen LogP contribution in [0.25, 0.3) is 0 Å². The van der Waals surface area contributed by atoms with Gasteiger partial charge in [-0.3, -0.25) is 52.7 Å². The van der Waals surface area contributed by atoms with Crippen LogP contribution < -0.4 is 16.4 Å². The van der Waals surface area contributed by atoms with Crippen molar-refractivity contribution in [1.82, 2.24) is 49.8 Å². The van der Waals surface area contributed by atoms with Crippen LogP contribution in [0, 0.1) is 35.5 Å². The van der Waals surface area contributed by atoms with Crippen molar-refractivity contribution in [3.8, 4) is 0 Å². The van der Waals surface area contributed by atoms with E-state index in [1.807, 2.05) is 53.7 Å². The predicted octanol–water partition coefficient (Wildman–Crippen LogP) is 2.58. The van der Waals surface area contributed by atoms with E-state index in [-0.39, 0.29) is 56.7 Å². The van der Waals surface area contributed by atoms with Gasteiger partial charge in [-0.05, 0) is 75.5 Å². The van der Waals surface area contributed by atoms with Crippen molar-refractivity contribution in [1.29, 1.82) is 0 Å². The Morgan fingerprint density at radius 3 is 1.55 bits per heavy atom. The zero-order valence-electron chi connectivity index (χ0n) is 50.0. The summed E-state index contributed by atoms with van der Waals surface area (Å²) in [5.41, 5.74) is 5.49. The van der Waals surface area contributed by atoms with Crippen LogP contribution in [-0.2, 0) is 52.7 Å². The third-order valence-corrected chi connectivity index (χ3v) is 13.6. The van der Waals surface area contributed by atoms with Crippen molar-refractivity contribution in [2.45, 2.75) is 173 Å². The smallest absolute Gasteiger partial charge is 0.325 e. The Balaban J connectivity index is 7.24. The van der Waals surface area contributed by atoms with Gasteiger partial charge in [-0.25, -0.2) is 0 Å². The highest BCUT2D eigenvalue weighted by Crippen LogP contribution is 2.27. The lowest BCUT2D eigenvalue weighted by Crippen LogP contribution is -2.63. The molecule has 0 aromatic rings. The van der Waals surface area contributed by atoms with Crippen molar-refractivity contribution < 1.29 is 57.8 Å². The van der Waals surface area contributed by atoms with Crippen LogP contribution in [-0.4, -0.2) is 208 Å². The highest BCUT2D eigenvalue weighted by atomic mass is 16.4. The molecule has 0 aliphatic rings. The van der Waals surface area contributed by atoms with Crippen LogP contribution in [0.1, 0.15) is 136 Å². The molecule has 5 N–H and O–H groups in total. The van der Waals surface area contributed by atoms with Crippen molar-refractivity contribution >= 4 is 65.0 Å². The number of amides is 10. The first-order valence-corrected chi connectivity index (χ1v) is 26.8. The van der Waals surface area contributed by atoms with Gasteiger partial charge in [0.25, 0.3) is 0 Å². The number of carboxylic acid groups (broad SMARTS) is 1. The van der Waals surface area contributed by atoms with Crippen molar-refractivity contribution in [3.63, 3.8) is 0 Å². The minimum absolute atomic E-state index is 0.0691. The Morgan fingerprint density at radius 2 is 1.12 bits per heavy atom. The lowest BCUT2D eigenvalue weighted by molar-refractivity contribution is -0.160. The Kier molecular flexibility index (Phi) is 30.6. The first-order chi connectivity index (χ1) is 35.5. The summed E-state index contributed by atoms with van der Waals surface area (Å²) >= 11 is 0. The first kappa shape index (κ1) is 70.9. The Bertz CT molecular complexity index is 2070. The van der Waals surface area contributed by atoms with Crippen LogP contribution >= 0.6 is 0 Å². The number of nitrogens with one attached hydrogen (secondary N) is 2. The van der Waals surface area contributed by atoms with Gasteiger partial charge in [0.05, 0.1) is 13.2 Å². The van der Waals surface area contributed by atoms with E-state index in [1.54, 1.807) is 34.6 Å². The van der Waals surface area contributed by atoms with Crippen LogP contribution in [0.2, 0.25) is 0 Å². The number of nitrogens with zero attached hydrogens (tertiary/aromatic N) is 8. The molecule has 0 saturated carbocycles. The summed E-state index contributed by atoms with van der Waals surface area (Å²) in [6, 6.07) is -3.79. The molecule has 0 saturated heterocycles. The van der Waals surface area contributed by atoms with Gasteiger partial charge in [0.1, 0.15) is 55.6 Å². The van der Waals surface area contributed by atoms with Crippen LogP contribution in [0.3, 0.4) is 0 Å². The summed E-state index contributed by atoms with van der Waals surface area (Å²) in [6.07, 6.45) is 1.76. The summed E-state index contributed by atoms with van der Waals surface area (Å²) in [5, 5.41) is 14.9. The van der Waals surface area contributed by atoms with Gasteiger partial charge in [0.15, 0.2) is 0 Å². The van der Waals surface area contributed by atoms with Crippen LogP contribution in [0.5, 0.6) is 0 Å². The fourth-order valence-electron chi connectivity index (χ4n) is 9.23. The van der Waals surface area contributed by atoms with Gasteiger partial charge in [-0.1, -0.05) is 81.4 Å². The van der Waals surface area contributed by atoms with E-state index < -0.39 is 133 Å². The summed E-state index contributed by atoms with van der Waals surface area (Å²) < 4.78 is 0. The second kappa shape index (κ2) is 33.2. The molecular weight excluding hydrogens is 995 g/mol. The number of carbonyl (C=O) groups excluding carboxylic acids is 10. The molecule has 77 heavy (non-hydrogen) atoms. The number of carbonyl (C=O) groups is 11. The molecule has 440 valence electrons. The molecule has 0 radical (unpaired) electrons. The van der Waals surface area contributed by atoms with Gasteiger partial charge in [0, 0.05) is 56.0 Å². The molecule has 0 spiro atoms. The Labute approximate surface area is 458 Å². The second-order valence-corrected chi connectivity index (χ2v) is 22.0. The van der Waals surface area contributed by atoms with Gasteiger partial charge < -0.3 is 60.7 Å². The molecule has 0 aliphatic heterocycles. The number of hydrogen-bond donors (Lipinski definition) is 4. The zero-order chi connectivity index (χ0) is 60.1. The van der Waals surface area contributed by atoms with Crippen molar-refractivity contribution in [3.05, 3.63) is 12.2 Å². The Hall–Kier alpha value is -6.13. The maximum absolute atomic E-state index is 14.9. The quantitative estimate of drug-likeness (QED) is 0.0429. The largest absolute Gasteiger partial charge is 0.480 e. The first-order valence-electron chi connectivity index (χ1n) is 26.8. The molecular formula is C54H97N11O12. The van der Waals surface area contributed by atoms with Gasteiger partial charge in [-0.15, -0.1) is 0 Å². The third kappa shape index (κ3) is 21.7. The number of hydrogen-bond acceptors (Lipinski definition) is 12. The van der Waals surface area contributed by atoms with E-state index in [4.69, 9.17) is 5.73 Å². The fraction of sp³-hybridized carbons (Fsp3) is 0.759. The number of allylic oxidation sites excluding steroid dienone is 2. The van der Waals surface area contributed by atoms with Crippen LogP contribution in [0.4, 0.5) is 0 Å². The molecule has 0 aliphatic carbocycles. The topological polar surface area (TPSA) is 284 Å². The highest BCUT2D eigenvalue weighted by Gasteiger charge is 2.44. The van der Waals surface area contributed by atoms with Crippen molar-refractivity contribution in [2.75, 3.05) is 61.5 Å². The van der Waals surface area contributed by atoms with E-state index in [0.717, 1.165) is 0 Å². The minimum Gasteiger partial charge on any atom is -0.480 e. The second-order valence-electron chi connectivity index (χ2n) is 22.0. The SMILES string of the molecule is CC=CC[C@@H](C)CC(C(=O)N[C@@H](CC)N(C)C(=O)CN(C(C)=O)[C@@H](CC(C)C)N(C)C(=O)[C@@H](C(C)C)N(C(C)=O)[C@@H](CC(C)C)C(=O)N[C@@H](C)C(=O)O)C(=O)N(C)[C@H](C(C)C)N(CC(=O)N(C)CN(C)C(=O)CN)C(C)=O. The number of aliphatic carboxylic acids is 1. The molecule has 0 heterocycles. The molecule has 23 nitrogen and oxygen atoms in total. The minimum atomic E-state index is -1.33. The molecule has 1 unspecified atom stereocenters. The van der Waals surface area contributed by atoms with E-state index in [9.17, 15) is 57.8 Å². The molecule has 10 amide bonds. The average molecular weight is 1090 g/mol. The number of nitrogens with two attached hydrogens (primary N) is 1. The number of rotatable bonds is 32. The summed E-state index contributed by atoms with van der Waals surface area (Å²) in [4.78, 5) is 161. The van der Waals surface area contributed by atoms with E-state index >= 15 is 0 Å². The van der Waals surface area contributed by atoms with E-state index in [2.05, 4.69) is 10.6 Å². The maximum atomic E-state index is 14.9. The molecule has 0 aromatic heterocycles. The molecule has 8 atom stereocenters. The van der Waals surface area contributed by atoms with Gasteiger partial charge in [0.2, 0.25) is 59.1 Å². The highest BCUT2D eigenvalue weighted by molar-refractivity contribution is 6.01. The average Bonchev–Trinajstić information content (AvgIpc) is 3.33. The number of carboxylic acids is 1. The molecule has 0 bridgehead atoms. The normalized spacial score (nSPS) is 14.6. The molecule has 0 fully saturated rings. The van der Waals surface area contributed by atoms with E-state index in [0.29, 0.717) is 6.42 Å². The van der Waals surface area contributed by atoms with Crippen molar-refractivity contribution in [2.24, 2.45) is 41.2 Å². The molecule has 23 heteroatoms. The molecule has 0 rings (SSSR count). The van der Waals surface area contributed by atoms with Gasteiger partial charge in [-0.2, -0.15) is 0 Å². The lowest BCUT2D eigenvalue weighted by atomic mass is 9.90. The van der Waals surface area contributed by atoms with E-state index in [1.165, 1.54) is 102 Å².